The maximum absolute atomic E-state index is 9.78. The first-order valence-electron chi connectivity index (χ1n) is 5.92. The molecule has 1 aliphatic rings. The Morgan fingerprint density at radius 3 is 2.94 bits per heavy atom. The molecule has 1 saturated carbocycles. The van der Waals surface area contributed by atoms with Crippen LogP contribution < -0.4 is 0 Å². The van der Waals surface area contributed by atoms with Gasteiger partial charge in [0.25, 0.3) is 0 Å². The lowest BCUT2D eigenvalue weighted by Crippen LogP contribution is -2.29. The Morgan fingerprint density at radius 1 is 1.56 bits per heavy atom. The molecule has 0 saturated heterocycles. The van der Waals surface area contributed by atoms with Crippen molar-refractivity contribution in [2.45, 2.75) is 38.8 Å². The van der Waals surface area contributed by atoms with Crippen molar-refractivity contribution < 1.29 is 5.11 Å². The van der Waals surface area contributed by atoms with Gasteiger partial charge in [0, 0.05) is 18.0 Å². The normalized spacial score (nSPS) is 25.5. The van der Waals surface area contributed by atoms with E-state index in [9.17, 15) is 5.11 Å². The largest absolute Gasteiger partial charge is 0.393 e. The van der Waals surface area contributed by atoms with Crippen molar-refractivity contribution in [3.05, 3.63) is 16.1 Å². The van der Waals surface area contributed by atoms with Crippen LogP contribution in [0.5, 0.6) is 0 Å². The van der Waals surface area contributed by atoms with Crippen LogP contribution in [0.4, 0.5) is 0 Å². The molecule has 3 nitrogen and oxygen atoms in total. The lowest BCUT2D eigenvalue weighted by atomic mass is 10.1. The smallest absolute Gasteiger partial charge is 0.0798 e. The molecule has 1 fully saturated rings. The fourth-order valence-corrected chi connectivity index (χ4v) is 3.27. The zero-order valence-corrected chi connectivity index (χ0v) is 10.8. The van der Waals surface area contributed by atoms with E-state index < -0.39 is 0 Å². The molecular formula is C12H20N2OS. The van der Waals surface area contributed by atoms with E-state index in [4.69, 9.17) is 0 Å². The van der Waals surface area contributed by atoms with Crippen LogP contribution in [0.25, 0.3) is 0 Å². The first-order chi connectivity index (χ1) is 7.66. The molecule has 0 amide bonds. The Balaban J connectivity index is 1.84. The lowest BCUT2D eigenvalue weighted by molar-refractivity contribution is 0.108. The highest BCUT2D eigenvalue weighted by atomic mass is 32.1. The molecule has 1 aliphatic carbocycles. The standard InChI is InChI=1S/C12H20N2OS/c1-9-12(16-8-13-9)7-14(2)6-10-4-3-5-11(10)15/h8,10-11,15H,3-7H2,1-2H3. The van der Waals surface area contributed by atoms with Crippen LogP contribution in [-0.2, 0) is 6.54 Å². The Labute approximate surface area is 101 Å². The first kappa shape index (κ1) is 12.0. The molecule has 0 spiro atoms. The summed E-state index contributed by atoms with van der Waals surface area (Å²) in [5, 5.41) is 9.78. The summed E-state index contributed by atoms with van der Waals surface area (Å²) < 4.78 is 0. The van der Waals surface area contributed by atoms with Crippen molar-refractivity contribution in [3.63, 3.8) is 0 Å². The molecule has 0 aliphatic heterocycles. The lowest BCUT2D eigenvalue weighted by Gasteiger charge is -2.22. The maximum Gasteiger partial charge on any atom is 0.0798 e. The van der Waals surface area contributed by atoms with Gasteiger partial charge in [-0.3, -0.25) is 0 Å². The van der Waals surface area contributed by atoms with E-state index in [1.807, 2.05) is 5.51 Å². The van der Waals surface area contributed by atoms with Gasteiger partial charge in [0.05, 0.1) is 17.3 Å². The Morgan fingerprint density at radius 2 is 2.38 bits per heavy atom. The first-order valence-corrected chi connectivity index (χ1v) is 6.80. The summed E-state index contributed by atoms with van der Waals surface area (Å²) in [4.78, 5) is 7.91. The number of hydrogen-bond donors (Lipinski definition) is 1. The quantitative estimate of drug-likeness (QED) is 0.875. The van der Waals surface area contributed by atoms with Crippen LogP contribution in [0.1, 0.15) is 29.8 Å². The predicted octanol–water partition coefficient (Wildman–Crippen LogP) is 2.04. The van der Waals surface area contributed by atoms with Crippen molar-refractivity contribution in [1.82, 2.24) is 9.88 Å². The summed E-state index contributed by atoms with van der Waals surface area (Å²) >= 11 is 1.72. The van der Waals surface area contributed by atoms with Gasteiger partial charge in [0.15, 0.2) is 0 Å². The van der Waals surface area contributed by atoms with Crippen LogP contribution in [0.15, 0.2) is 5.51 Å². The highest BCUT2D eigenvalue weighted by Crippen LogP contribution is 2.26. The minimum absolute atomic E-state index is 0.0787. The third kappa shape index (κ3) is 2.81. The molecule has 90 valence electrons. The average Bonchev–Trinajstić information content (AvgIpc) is 2.79. The van der Waals surface area contributed by atoms with Crippen LogP contribution in [-0.4, -0.2) is 34.7 Å². The molecule has 0 bridgehead atoms. The van der Waals surface area contributed by atoms with Crippen molar-refractivity contribution in [2.24, 2.45) is 5.92 Å². The fourth-order valence-electron chi connectivity index (χ4n) is 2.42. The van der Waals surface area contributed by atoms with Gasteiger partial charge in [-0.15, -0.1) is 11.3 Å². The fraction of sp³-hybridized carbons (Fsp3) is 0.750. The second-order valence-electron chi connectivity index (χ2n) is 4.82. The van der Waals surface area contributed by atoms with Gasteiger partial charge in [-0.05, 0) is 32.7 Å². The molecule has 1 aromatic rings. The number of aliphatic hydroxyl groups excluding tert-OH is 1. The summed E-state index contributed by atoms with van der Waals surface area (Å²) in [5.74, 6) is 0.471. The Hall–Kier alpha value is -0.450. The third-order valence-electron chi connectivity index (χ3n) is 3.42. The number of nitrogens with zero attached hydrogens (tertiary/aromatic N) is 2. The van der Waals surface area contributed by atoms with Gasteiger partial charge in [-0.2, -0.15) is 0 Å². The van der Waals surface area contributed by atoms with Gasteiger partial charge >= 0.3 is 0 Å². The number of aryl methyl sites for hydroxylation is 1. The number of aromatic nitrogens is 1. The van der Waals surface area contributed by atoms with E-state index in [1.54, 1.807) is 11.3 Å². The Kier molecular flexibility index (Phi) is 3.95. The summed E-state index contributed by atoms with van der Waals surface area (Å²) in [6, 6.07) is 0. The van der Waals surface area contributed by atoms with Gasteiger partial charge < -0.3 is 10.0 Å². The van der Waals surface area contributed by atoms with Crippen molar-refractivity contribution in [1.29, 1.82) is 0 Å². The third-order valence-corrected chi connectivity index (χ3v) is 4.34. The molecule has 4 heteroatoms. The maximum atomic E-state index is 9.78. The topological polar surface area (TPSA) is 36.4 Å². The van der Waals surface area contributed by atoms with E-state index in [0.717, 1.165) is 25.2 Å². The minimum Gasteiger partial charge on any atom is -0.393 e. The molecule has 2 unspecified atom stereocenters. The molecule has 1 heterocycles. The summed E-state index contributed by atoms with van der Waals surface area (Å²) in [6.07, 6.45) is 3.26. The summed E-state index contributed by atoms with van der Waals surface area (Å²) in [6.45, 7) is 4.02. The summed E-state index contributed by atoms with van der Waals surface area (Å²) in [5.41, 5.74) is 3.05. The van der Waals surface area contributed by atoms with Crippen LogP contribution in [0.2, 0.25) is 0 Å². The van der Waals surface area contributed by atoms with Crippen LogP contribution in [0.3, 0.4) is 0 Å². The van der Waals surface area contributed by atoms with Crippen LogP contribution in [0, 0.1) is 12.8 Å². The molecule has 0 radical (unpaired) electrons. The van der Waals surface area contributed by atoms with Gasteiger partial charge in [-0.25, -0.2) is 4.98 Å². The highest BCUT2D eigenvalue weighted by molar-refractivity contribution is 7.09. The second kappa shape index (κ2) is 5.25. The molecule has 1 aromatic heterocycles. The van der Waals surface area contributed by atoms with E-state index in [2.05, 4.69) is 23.9 Å². The molecule has 2 rings (SSSR count). The van der Waals surface area contributed by atoms with E-state index in [0.29, 0.717) is 5.92 Å². The molecule has 2 atom stereocenters. The monoisotopic (exact) mass is 240 g/mol. The zero-order valence-electron chi connectivity index (χ0n) is 10.0. The SMILES string of the molecule is Cc1ncsc1CN(C)CC1CCCC1O. The van der Waals surface area contributed by atoms with E-state index in [1.165, 1.54) is 17.7 Å². The molecule has 16 heavy (non-hydrogen) atoms. The Bertz CT molecular complexity index is 340. The van der Waals surface area contributed by atoms with Gasteiger partial charge in [-0.1, -0.05) is 6.42 Å². The van der Waals surface area contributed by atoms with Crippen molar-refractivity contribution in [3.8, 4) is 0 Å². The zero-order chi connectivity index (χ0) is 11.5. The van der Waals surface area contributed by atoms with Crippen molar-refractivity contribution in [2.75, 3.05) is 13.6 Å². The highest BCUT2D eigenvalue weighted by Gasteiger charge is 2.26. The van der Waals surface area contributed by atoms with E-state index in [-0.39, 0.29) is 6.10 Å². The molecule has 1 N–H and O–H groups in total. The second-order valence-corrected chi connectivity index (χ2v) is 5.76. The van der Waals surface area contributed by atoms with Crippen LogP contribution >= 0.6 is 11.3 Å². The van der Waals surface area contributed by atoms with Gasteiger partial charge in [0.2, 0.25) is 0 Å². The number of thiazole rings is 1. The van der Waals surface area contributed by atoms with Crippen molar-refractivity contribution >= 4 is 11.3 Å². The number of hydrogen-bond acceptors (Lipinski definition) is 4. The predicted molar refractivity (Wildman–Crippen MR) is 66.5 cm³/mol. The molecule has 0 aromatic carbocycles. The average molecular weight is 240 g/mol. The number of aliphatic hydroxyl groups is 1. The van der Waals surface area contributed by atoms with Gasteiger partial charge in [0.1, 0.15) is 0 Å². The summed E-state index contributed by atoms with van der Waals surface area (Å²) in [7, 11) is 2.13. The number of rotatable bonds is 4. The minimum atomic E-state index is -0.0787. The molecular weight excluding hydrogens is 220 g/mol. The van der Waals surface area contributed by atoms with E-state index >= 15 is 0 Å².